The molecule has 3 rings (SSSR count). The summed E-state index contributed by atoms with van der Waals surface area (Å²) in [6, 6.07) is 4.13. The first-order chi connectivity index (χ1) is 9.19. The van der Waals surface area contributed by atoms with Crippen LogP contribution in [0, 0.1) is 0 Å². The van der Waals surface area contributed by atoms with E-state index < -0.39 is 0 Å². The molecule has 0 spiro atoms. The van der Waals surface area contributed by atoms with Gasteiger partial charge in [-0.1, -0.05) is 6.92 Å². The van der Waals surface area contributed by atoms with E-state index in [4.69, 9.17) is 0 Å². The highest BCUT2D eigenvalue weighted by Gasteiger charge is 2.41. The van der Waals surface area contributed by atoms with E-state index in [9.17, 15) is 0 Å². The molecule has 1 N–H and O–H groups in total. The predicted molar refractivity (Wildman–Crippen MR) is 80.5 cm³/mol. The molecule has 0 radical (unpaired) electrons. The van der Waals surface area contributed by atoms with Gasteiger partial charge in [0.25, 0.3) is 0 Å². The lowest BCUT2D eigenvalue weighted by Gasteiger charge is -2.41. The minimum atomic E-state index is 0.728. The Balaban J connectivity index is 1.54. The fraction of sp³-hybridized carbons (Fsp3) is 1.00. The molecule has 3 nitrogen and oxygen atoms in total. The van der Waals surface area contributed by atoms with Crippen molar-refractivity contribution in [1.29, 1.82) is 0 Å². The van der Waals surface area contributed by atoms with Crippen molar-refractivity contribution in [1.82, 2.24) is 15.1 Å². The molecule has 19 heavy (non-hydrogen) atoms. The van der Waals surface area contributed by atoms with Gasteiger partial charge in [0, 0.05) is 36.8 Å². The number of fused-ring (bicyclic) bond motifs is 2. The molecule has 2 aliphatic heterocycles. The summed E-state index contributed by atoms with van der Waals surface area (Å²) in [6.45, 7) is 7.08. The summed E-state index contributed by atoms with van der Waals surface area (Å²) >= 11 is 0. The molecule has 0 aromatic heterocycles. The van der Waals surface area contributed by atoms with Crippen molar-refractivity contribution in [3.63, 3.8) is 0 Å². The number of hydrogen-bond donors (Lipinski definition) is 1. The maximum Gasteiger partial charge on any atom is 0.0195 e. The molecule has 110 valence electrons. The average Bonchev–Trinajstić information content (AvgIpc) is 3.19. The maximum absolute atomic E-state index is 3.67. The van der Waals surface area contributed by atoms with Crippen molar-refractivity contribution in [2.45, 2.75) is 82.6 Å². The molecule has 3 aliphatic rings. The molecule has 1 saturated carbocycles. The van der Waals surface area contributed by atoms with Crippen LogP contribution < -0.4 is 5.32 Å². The van der Waals surface area contributed by atoms with Crippen LogP contribution in [0.2, 0.25) is 0 Å². The van der Waals surface area contributed by atoms with Crippen LogP contribution in [-0.4, -0.2) is 60.1 Å². The van der Waals surface area contributed by atoms with Gasteiger partial charge in [0.15, 0.2) is 0 Å². The largest absolute Gasteiger partial charge is 0.314 e. The van der Waals surface area contributed by atoms with E-state index in [0.29, 0.717) is 0 Å². The topological polar surface area (TPSA) is 18.5 Å². The first kappa shape index (κ1) is 13.8. The third-order valence-electron chi connectivity index (χ3n) is 5.67. The number of likely N-dealkylation sites (N-methyl/N-ethyl adjacent to an activating group) is 1. The van der Waals surface area contributed by atoms with Crippen molar-refractivity contribution < 1.29 is 0 Å². The minimum absolute atomic E-state index is 0.728. The second-order valence-corrected chi connectivity index (χ2v) is 7.05. The van der Waals surface area contributed by atoms with E-state index in [0.717, 1.165) is 36.8 Å². The van der Waals surface area contributed by atoms with Crippen LogP contribution in [-0.2, 0) is 0 Å². The standard InChI is InChI=1S/C16H31N3/c1-4-17-13-9-15-7-8-16(10-13)19(15)11-12(2)18(3)14-5-6-14/h12-17H,4-11H2,1-3H3. The predicted octanol–water partition coefficient (Wildman–Crippen LogP) is 2.07. The summed E-state index contributed by atoms with van der Waals surface area (Å²) < 4.78 is 0. The van der Waals surface area contributed by atoms with Crippen LogP contribution >= 0.6 is 0 Å². The second kappa shape index (κ2) is 5.71. The Labute approximate surface area is 118 Å². The monoisotopic (exact) mass is 265 g/mol. The van der Waals surface area contributed by atoms with Gasteiger partial charge in [-0.05, 0) is 59.0 Å². The van der Waals surface area contributed by atoms with Crippen LogP contribution in [0.1, 0.15) is 52.4 Å². The van der Waals surface area contributed by atoms with Crippen molar-refractivity contribution in [2.24, 2.45) is 0 Å². The van der Waals surface area contributed by atoms with Gasteiger partial charge in [0.05, 0.1) is 0 Å². The minimum Gasteiger partial charge on any atom is -0.314 e. The number of rotatable bonds is 6. The quantitative estimate of drug-likeness (QED) is 0.793. The van der Waals surface area contributed by atoms with Gasteiger partial charge in [-0.15, -0.1) is 0 Å². The van der Waals surface area contributed by atoms with Crippen LogP contribution in [0.3, 0.4) is 0 Å². The van der Waals surface area contributed by atoms with E-state index in [2.05, 4.69) is 36.0 Å². The molecule has 1 aliphatic carbocycles. The summed E-state index contributed by atoms with van der Waals surface area (Å²) in [4.78, 5) is 5.47. The molecule has 2 heterocycles. The van der Waals surface area contributed by atoms with Crippen LogP contribution in [0.5, 0.6) is 0 Å². The summed E-state index contributed by atoms with van der Waals surface area (Å²) in [7, 11) is 2.33. The number of nitrogens with one attached hydrogen (secondary N) is 1. The fourth-order valence-electron chi connectivity index (χ4n) is 4.30. The molecule has 2 bridgehead atoms. The lowest BCUT2D eigenvalue weighted by Crippen LogP contribution is -2.52. The van der Waals surface area contributed by atoms with Gasteiger partial charge in [0.1, 0.15) is 0 Å². The first-order valence-electron chi connectivity index (χ1n) is 8.40. The highest BCUT2D eigenvalue weighted by molar-refractivity contribution is 4.99. The molecular formula is C16H31N3. The molecule has 0 aromatic carbocycles. The molecular weight excluding hydrogens is 234 g/mol. The third-order valence-corrected chi connectivity index (χ3v) is 5.67. The lowest BCUT2D eigenvalue weighted by atomic mass is 9.96. The van der Waals surface area contributed by atoms with E-state index in [1.165, 1.54) is 45.1 Å². The molecule has 3 atom stereocenters. The Morgan fingerprint density at radius 3 is 2.32 bits per heavy atom. The lowest BCUT2D eigenvalue weighted by molar-refractivity contribution is 0.0811. The van der Waals surface area contributed by atoms with E-state index in [1.807, 2.05) is 0 Å². The molecule has 0 aromatic rings. The van der Waals surface area contributed by atoms with Crippen LogP contribution in [0.25, 0.3) is 0 Å². The van der Waals surface area contributed by atoms with Crippen molar-refractivity contribution in [2.75, 3.05) is 20.1 Å². The van der Waals surface area contributed by atoms with Crippen LogP contribution in [0.15, 0.2) is 0 Å². The zero-order valence-corrected chi connectivity index (χ0v) is 12.9. The fourth-order valence-corrected chi connectivity index (χ4v) is 4.30. The van der Waals surface area contributed by atoms with Crippen molar-refractivity contribution in [3.05, 3.63) is 0 Å². The Hall–Kier alpha value is -0.120. The normalized spacial score (nSPS) is 36.9. The number of piperidine rings is 1. The molecule has 0 amide bonds. The Morgan fingerprint density at radius 2 is 1.79 bits per heavy atom. The van der Waals surface area contributed by atoms with Gasteiger partial charge in [-0.2, -0.15) is 0 Å². The number of nitrogens with zero attached hydrogens (tertiary/aromatic N) is 2. The zero-order valence-electron chi connectivity index (χ0n) is 12.9. The van der Waals surface area contributed by atoms with Crippen molar-refractivity contribution >= 4 is 0 Å². The molecule has 3 heteroatoms. The van der Waals surface area contributed by atoms with Crippen molar-refractivity contribution in [3.8, 4) is 0 Å². The zero-order chi connectivity index (χ0) is 13.4. The highest BCUT2D eigenvalue weighted by Crippen LogP contribution is 2.36. The Morgan fingerprint density at radius 1 is 1.16 bits per heavy atom. The van der Waals surface area contributed by atoms with Gasteiger partial charge >= 0.3 is 0 Å². The van der Waals surface area contributed by atoms with Gasteiger partial charge in [-0.25, -0.2) is 0 Å². The Bertz CT molecular complexity index is 288. The van der Waals surface area contributed by atoms with E-state index in [-0.39, 0.29) is 0 Å². The summed E-state index contributed by atoms with van der Waals surface area (Å²) in [5, 5.41) is 3.67. The van der Waals surface area contributed by atoms with Gasteiger partial charge in [0.2, 0.25) is 0 Å². The van der Waals surface area contributed by atoms with Gasteiger partial charge < -0.3 is 5.32 Å². The smallest absolute Gasteiger partial charge is 0.0195 e. The first-order valence-corrected chi connectivity index (χ1v) is 8.40. The number of hydrogen-bond acceptors (Lipinski definition) is 3. The van der Waals surface area contributed by atoms with Gasteiger partial charge in [-0.3, -0.25) is 9.80 Å². The van der Waals surface area contributed by atoms with E-state index in [1.54, 1.807) is 0 Å². The molecule has 2 saturated heterocycles. The Kier molecular flexibility index (Phi) is 4.16. The second-order valence-electron chi connectivity index (χ2n) is 7.05. The molecule has 3 fully saturated rings. The average molecular weight is 265 g/mol. The summed E-state index contributed by atoms with van der Waals surface area (Å²) in [5.41, 5.74) is 0. The summed E-state index contributed by atoms with van der Waals surface area (Å²) in [6.07, 6.45) is 8.49. The summed E-state index contributed by atoms with van der Waals surface area (Å²) in [5.74, 6) is 0. The highest BCUT2D eigenvalue weighted by atomic mass is 15.3. The van der Waals surface area contributed by atoms with Crippen LogP contribution in [0.4, 0.5) is 0 Å². The molecule has 3 unspecified atom stereocenters. The van der Waals surface area contributed by atoms with E-state index >= 15 is 0 Å². The SMILES string of the molecule is CCNC1CC2CCC(C1)N2CC(C)N(C)C1CC1. The maximum atomic E-state index is 3.67. The third kappa shape index (κ3) is 2.98.